The number of aliphatic hydroxyl groups is 1. The summed E-state index contributed by atoms with van der Waals surface area (Å²) < 4.78 is 0. The number of benzene rings is 1. The number of piperidine rings is 1. The van der Waals surface area contributed by atoms with Crippen LogP contribution in [0.5, 0.6) is 0 Å². The lowest BCUT2D eigenvalue weighted by Crippen LogP contribution is -2.58. The molecule has 0 aliphatic carbocycles. The summed E-state index contributed by atoms with van der Waals surface area (Å²) in [6.07, 6.45) is 3.16. The third-order valence-corrected chi connectivity index (χ3v) is 6.57. The Hall–Kier alpha value is -1.96. The van der Waals surface area contributed by atoms with Gasteiger partial charge in [0.1, 0.15) is 0 Å². The van der Waals surface area contributed by atoms with Crippen molar-refractivity contribution in [1.82, 2.24) is 20.4 Å². The first-order chi connectivity index (χ1) is 14.1. The number of carbonyl (C=O) groups is 2. The zero-order valence-corrected chi connectivity index (χ0v) is 16.9. The Bertz CT molecular complexity index is 705. The Morgan fingerprint density at radius 1 is 1.21 bits per heavy atom. The second-order valence-corrected chi connectivity index (χ2v) is 8.56. The molecule has 3 aliphatic heterocycles. The number of hydrogen-bond acceptors (Lipinski definition) is 5. The average Bonchev–Trinajstić information content (AvgIpc) is 3.18. The fourth-order valence-electron chi connectivity index (χ4n) is 4.81. The van der Waals surface area contributed by atoms with E-state index in [-0.39, 0.29) is 36.0 Å². The second kappa shape index (κ2) is 9.24. The fourth-order valence-corrected chi connectivity index (χ4v) is 4.81. The number of nitrogens with one attached hydrogen (secondary N) is 2. The number of nitrogens with zero attached hydrogens (tertiary/aromatic N) is 2. The number of likely N-dealkylation sites (tertiary alicyclic amines) is 1. The van der Waals surface area contributed by atoms with E-state index in [0.29, 0.717) is 38.9 Å². The van der Waals surface area contributed by atoms with E-state index in [1.165, 1.54) is 5.56 Å². The molecular weight excluding hydrogens is 368 g/mol. The highest BCUT2D eigenvalue weighted by Crippen LogP contribution is 2.26. The van der Waals surface area contributed by atoms with E-state index in [4.69, 9.17) is 0 Å². The lowest BCUT2D eigenvalue weighted by Gasteiger charge is -2.37. The molecule has 3 aliphatic rings. The monoisotopic (exact) mass is 400 g/mol. The lowest BCUT2D eigenvalue weighted by molar-refractivity contribution is -0.134. The molecule has 1 aromatic carbocycles. The molecule has 3 atom stereocenters. The molecule has 3 heterocycles. The van der Waals surface area contributed by atoms with E-state index >= 15 is 0 Å². The van der Waals surface area contributed by atoms with Gasteiger partial charge >= 0.3 is 0 Å². The Morgan fingerprint density at radius 2 is 1.97 bits per heavy atom. The molecule has 0 radical (unpaired) electrons. The number of rotatable bonds is 6. The van der Waals surface area contributed by atoms with Crippen LogP contribution in [0.1, 0.15) is 37.7 Å². The lowest BCUT2D eigenvalue weighted by atomic mass is 10.0. The van der Waals surface area contributed by atoms with Crippen molar-refractivity contribution in [2.45, 2.75) is 62.9 Å². The first-order valence-corrected chi connectivity index (χ1v) is 10.9. The van der Waals surface area contributed by atoms with E-state index in [0.717, 1.165) is 25.9 Å². The zero-order valence-electron chi connectivity index (χ0n) is 16.9. The van der Waals surface area contributed by atoms with Crippen molar-refractivity contribution in [3.8, 4) is 0 Å². The maximum atomic E-state index is 12.6. The highest BCUT2D eigenvalue weighted by molar-refractivity contribution is 5.83. The summed E-state index contributed by atoms with van der Waals surface area (Å²) >= 11 is 0. The predicted octanol–water partition coefficient (Wildman–Crippen LogP) is 0.481. The maximum absolute atomic E-state index is 12.6. The molecule has 158 valence electrons. The van der Waals surface area contributed by atoms with Crippen molar-refractivity contribution in [2.24, 2.45) is 0 Å². The summed E-state index contributed by atoms with van der Waals surface area (Å²) in [5.74, 6) is 0.282. The molecule has 3 saturated heterocycles. The van der Waals surface area contributed by atoms with Gasteiger partial charge in [-0.2, -0.15) is 0 Å². The van der Waals surface area contributed by atoms with E-state index in [1.54, 1.807) is 0 Å². The molecule has 29 heavy (non-hydrogen) atoms. The molecule has 0 unspecified atom stereocenters. The molecule has 3 fully saturated rings. The van der Waals surface area contributed by atoms with Gasteiger partial charge in [0.25, 0.3) is 0 Å². The smallest absolute Gasteiger partial charge is 0.237 e. The van der Waals surface area contributed by atoms with Crippen molar-refractivity contribution in [2.75, 3.05) is 26.2 Å². The van der Waals surface area contributed by atoms with E-state index in [2.05, 4.69) is 27.7 Å². The average molecular weight is 401 g/mol. The molecule has 1 aromatic rings. The molecule has 3 N–H and O–H groups in total. The van der Waals surface area contributed by atoms with Gasteiger partial charge in [-0.1, -0.05) is 30.3 Å². The standard InChI is InChI=1S/C22H32N4O3/c27-19-8-10-25(11-9-19)21(28)7-6-18-14-24-22(29)20-12-17(15-26(18)20)23-13-16-4-2-1-3-5-16/h1-5,17-20,23,27H,6-15H2,(H,24,29)/t17-,18-,20-/m1/s1. The van der Waals surface area contributed by atoms with Crippen molar-refractivity contribution in [3.63, 3.8) is 0 Å². The highest BCUT2D eigenvalue weighted by Gasteiger charge is 2.43. The summed E-state index contributed by atoms with van der Waals surface area (Å²) in [7, 11) is 0. The van der Waals surface area contributed by atoms with E-state index in [1.807, 2.05) is 23.1 Å². The van der Waals surface area contributed by atoms with Gasteiger partial charge < -0.3 is 20.6 Å². The number of fused-ring (bicyclic) bond motifs is 1. The SMILES string of the molecule is O=C1NC[C@@H](CCC(=O)N2CCC(O)CC2)N2C[C@H](NCc3ccccc3)C[C@H]12. The van der Waals surface area contributed by atoms with Crippen LogP contribution in [0.3, 0.4) is 0 Å². The minimum atomic E-state index is -0.265. The minimum Gasteiger partial charge on any atom is -0.393 e. The van der Waals surface area contributed by atoms with E-state index < -0.39 is 0 Å². The Labute approximate surface area is 172 Å². The number of amides is 2. The third-order valence-electron chi connectivity index (χ3n) is 6.57. The first-order valence-electron chi connectivity index (χ1n) is 10.9. The number of aliphatic hydroxyl groups excluding tert-OH is 1. The maximum Gasteiger partial charge on any atom is 0.237 e. The quantitative estimate of drug-likeness (QED) is 0.647. The molecule has 0 aromatic heterocycles. The number of carbonyl (C=O) groups excluding carboxylic acids is 2. The fraction of sp³-hybridized carbons (Fsp3) is 0.636. The first kappa shape index (κ1) is 20.3. The van der Waals surface area contributed by atoms with Crippen molar-refractivity contribution >= 4 is 11.8 Å². The largest absolute Gasteiger partial charge is 0.393 e. The topological polar surface area (TPSA) is 84.9 Å². The summed E-state index contributed by atoms with van der Waals surface area (Å²) in [5.41, 5.74) is 1.25. The second-order valence-electron chi connectivity index (χ2n) is 8.56. The van der Waals surface area contributed by atoms with Crippen LogP contribution in [0.4, 0.5) is 0 Å². The van der Waals surface area contributed by atoms with Gasteiger partial charge in [-0.15, -0.1) is 0 Å². The van der Waals surface area contributed by atoms with Crippen LogP contribution >= 0.6 is 0 Å². The van der Waals surface area contributed by atoms with Crippen LogP contribution in [0, 0.1) is 0 Å². The molecular formula is C22H32N4O3. The molecule has 0 spiro atoms. The molecule has 7 heteroatoms. The predicted molar refractivity (Wildman–Crippen MR) is 110 cm³/mol. The third kappa shape index (κ3) is 4.97. The van der Waals surface area contributed by atoms with Gasteiger partial charge in [0, 0.05) is 51.2 Å². The van der Waals surface area contributed by atoms with Gasteiger partial charge in [-0.05, 0) is 31.2 Å². The van der Waals surface area contributed by atoms with Crippen LogP contribution in [-0.2, 0) is 16.1 Å². The molecule has 2 amide bonds. The van der Waals surface area contributed by atoms with E-state index in [9.17, 15) is 14.7 Å². The summed E-state index contributed by atoms with van der Waals surface area (Å²) in [5, 5.41) is 16.3. The molecule has 7 nitrogen and oxygen atoms in total. The zero-order chi connectivity index (χ0) is 20.2. The highest BCUT2D eigenvalue weighted by atomic mass is 16.3. The minimum absolute atomic E-state index is 0.0951. The summed E-state index contributed by atoms with van der Waals surface area (Å²) in [4.78, 5) is 29.1. The van der Waals surface area contributed by atoms with Crippen LogP contribution in [0.2, 0.25) is 0 Å². The van der Waals surface area contributed by atoms with Crippen molar-refractivity contribution < 1.29 is 14.7 Å². The van der Waals surface area contributed by atoms with Crippen molar-refractivity contribution in [1.29, 1.82) is 0 Å². The normalized spacial score (nSPS) is 28.2. The van der Waals surface area contributed by atoms with Gasteiger partial charge in [-0.3, -0.25) is 14.5 Å². The number of hydrogen-bond donors (Lipinski definition) is 3. The van der Waals surface area contributed by atoms with Gasteiger partial charge in [0.2, 0.25) is 11.8 Å². The van der Waals surface area contributed by atoms with Gasteiger partial charge in [0.05, 0.1) is 12.1 Å². The van der Waals surface area contributed by atoms with Crippen LogP contribution < -0.4 is 10.6 Å². The Morgan fingerprint density at radius 3 is 2.72 bits per heavy atom. The summed E-state index contributed by atoms with van der Waals surface area (Å²) in [6.45, 7) is 3.57. The molecule has 0 bridgehead atoms. The van der Waals surface area contributed by atoms with Crippen LogP contribution in [0.25, 0.3) is 0 Å². The van der Waals surface area contributed by atoms with Crippen LogP contribution in [-0.4, -0.2) is 77.1 Å². The molecule has 0 saturated carbocycles. The van der Waals surface area contributed by atoms with Gasteiger partial charge in [-0.25, -0.2) is 0 Å². The van der Waals surface area contributed by atoms with Crippen LogP contribution in [0.15, 0.2) is 30.3 Å². The summed E-state index contributed by atoms with van der Waals surface area (Å²) in [6, 6.07) is 10.7. The van der Waals surface area contributed by atoms with Gasteiger partial charge in [0.15, 0.2) is 0 Å². The Kier molecular flexibility index (Phi) is 6.47. The Balaban J connectivity index is 1.28. The molecule has 4 rings (SSSR count). The number of piperazine rings is 1. The van der Waals surface area contributed by atoms with Crippen molar-refractivity contribution in [3.05, 3.63) is 35.9 Å².